The quantitative estimate of drug-likeness (QED) is 0.633. The summed E-state index contributed by atoms with van der Waals surface area (Å²) in [5.74, 6) is 2.78. The van der Waals surface area contributed by atoms with Crippen molar-refractivity contribution in [3.63, 3.8) is 0 Å². The topological polar surface area (TPSA) is 21.7 Å². The van der Waals surface area contributed by atoms with Crippen molar-refractivity contribution in [3.8, 4) is 11.5 Å². The molecule has 0 amide bonds. The van der Waals surface area contributed by atoms with Crippen LogP contribution < -0.4 is 9.47 Å². The lowest BCUT2D eigenvalue weighted by Gasteiger charge is -2.32. The van der Waals surface area contributed by atoms with Gasteiger partial charge in [-0.3, -0.25) is 0 Å². The lowest BCUT2D eigenvalue weighted by atomic mass is 9.90. The van der Waals surface area contributed by atoms with Gasteiger partial charge in [-0.25, -0.2) is 0 Å². The first kappa shape index (κ1) is 21.6. The highest BCUT2D eigenvalue weighted by atomic mass is 35.5. The van der Waals surface area contributed by atoms with Crippen molar-refractivity contribution in [1.29, 1.82) is 0 Å². The first-order valence-electron chi connectivity index (χ1n) is 9.75. The van der Waals surface area contributed by atoms with Gasteiger partial charge < -0.3 is 14.4 Å². The third-order valence-electron chi connectivity index (χ3n) is 5.53. The van der Waals surface area contributed by atoms with E-state index in [1.807, 2.05) is 12.1 Å². The van der Waals surface area contributed by atoms with E-state index in [0.717, 1.165) is 36.8 Å². The molecule has 0 saturated carbocycles. The molecule has 4 heteroatoms. The average molecular weight is 390 g/mol. The Balaban J connectivity index is 0.00000261. The number of ether oxygens (including phenoxy) is 2. The van der Waals surface area contributed by atoms with Gasteiger partial charge in [0.05, 0.1) is 14.2 Å². The molecule has 0 aliphatic carbocycles. The van der Waals surface area contributed by atoms with Crippen LogP contribution >= 0.6 is 12.4 Å². The Kier molecular flexibility index (Phi) is 8.96. The van der Waals surface area contributed by atoms with Gasteiger partial charge in [-0.2, -0.15) is 0 Å². The highest BCUT2D eigenvalue weighted by Crippen LogP contribution is 2.24. The minimum absolute atomic E-state index is 0. The van der Waals surface area contributed by atoms with Crippen LogP contribution in [0.1, 0.15) is 30.4 Å². The number of rotatable bonds is 8. The van der Waals surface area contributed by atoms with E-state index in [1.54, 1.807) is 14.2 Å². The van der Waals surface area contributed by atoms with Gasteiger partial charge in [-0.05, 0) is 86.5 Å². The second-order valence-corrected chi connectivity index (χ2v) is 7.28. The Morgan fingerprint density at radius 3 is 1.96 bits per heavy atom. The van der Waals surface area contributed by atoms with Gasteiger partial charge in [0.25, 0.3) is 0 Å². The summed E-state index contributed by atoms with van der Waals surface area (Å²) in [5, 5.41) is 0. The molecule has 0 spiro atoms. The molecule has 1 aliphatic heterocycles. The Bertz CT molecular complexity index is 624. The smallest absolute Gasteiger partial charge is 0.119 e. The lowest BCUT2D eigenvalue weighted by Crippen LogP contribution is -2.35. The maximum atomic E-state index is 5.32. The van der Waals surface area contributed by atoms with Crippen molar-refractivity contribution in [2.45, 2.75) is 32.1 Å². The molecule has 1 saturated heterocycles. The van der Waals surface area contributed by atoms with Gasteiger partial charge in [0.1, 0.15) is 11.5 Å². The molecule has 0 unspecified atom stereocenters. The number of nitrogens with zero attached hydrogens (tertiary/aromatic N) is 1. The minimum atomic E-state index is 0. The third kappa shape index (κ3) is 6.75. The SMILES string of the molecule is COc1cccc(CCC2CCN(CCc3cccc(OC)c3)CC2)c1.Cl. The molecule has 148 valence electrons. The van der Waals surface area contributed by atoms with Crippen LogP contribution in [0.4, 0.5) is 0 Å². The Hall–Kier alpha value is -1.71. The molecule has 0 radical (unpaired) electrons. The molecule has 1 aliphatic rings. The number of piperidine rings is 1. The fourth-order valence-corrected chi connectivity index (χ4v) is 3.81. The monoisotopic (exact) mass is 389 g/mol. The summed E-state index contributed by atoms with van der Waals surface area (Å²) in [6, 6.07) is 16.9. The number of hydrogen-bond donors (Lipinski definition) is 0. The van der Waals surface area contributed by atoms with E-state index in [2.05, 4.69) is 41.3 Å². The van der Waals surface area contributed by atoms with Gasteiger partial charge in [-0.15, -0.1) is 12.4 Å². The molecule has 27 heavy (non-hydrogen) atoms. The summed E-state index contributed by atoms with van der Waals surface area (Å²) >= 11 is 0. The normalized spacial score (nSPS) is 15.2. The van der Waals surface area contributed by atoms with Gasteiger partial charge in [-0.1, -0.05) is 24.3 Å². The van der Waals surface area contributed by atoms with Crippen molar-refractivity contribution >= 4 is 12.4 Å². The number of likely N-dealkylation sites (tertiary alicyclic amines) is 1. The second-order valence-electron chi connectivity index (χ2n) is 7.28. The molecule has 3 nitrogen and oxygen atoms in total. The predicted molar refractivity (Wildman–Crippen MR) is 114 cm³/mol. The summed E-state index contributed by atoms with van der Waals surface area (Å²) in [6.07, 6.45) is 6.19. The zero-order chi connectivity index (χ0) is 18.2. The van der Waals surface area contributed by atoms with Gasteiger partial charge in [0.15, 0.2) is 0 Å². The van der Waals surface area contributed by atoms with Crippen LogP contribution in [0.2, 0.25) is 0 Å². The third-order valence-corrected chi connectivity index (χ3v) is 5.53. The molecule has 2 aromatic carbocycles. The van der Waals surface area contributed by atoms with Crippen LogP contribution in [0, 0.1) is 5.92 Å². The van der Waals surface area contributed by atoms with E-state index < -0.39 is 0 Å². The molecule has 1 fully saturated rings. The standard InChI is InChI=1S/C23H31NO2.ClH/c1-25-22-7-3-5-20(17-22)10-9-19-11-14-24(15-12-19)16-13-21-6-4-8-23(18-21)26-2;/h3-8,17-19H,9-16H2,1-2H3;1H. The van der Waals surface area contributed by atoms with Gasteiger partial charge >= 0.3 is 0 Å². The van der Waals surface area contributed by atoms with E-state index in [0.29, 0.717) is 0 Å². The average Bonchev–Trinajstić information content (AvgIpc) is 2.72. The van der Waals surface area contributed by atoms with Gasteiger partial charge in [0, 0.05) is 6.54 Å². The Labute approximate surface area is 170 Å². The molecule has 0 bridgehead atoms. The van der Waals surface area contributed by atoms with Crippen molar-refractivity contribution in [2.75, 3.05) is 33.9 Å². The van der Waals surface area contributed by atoms with Gasteiger partial charge in [0.2, 0.25) is 0 Å². The molecule has 2 aromatic rings. The highest BCUT2D eigenvalue weighted by molar-refractivity contribution is 5.85. The Morgan fingerprint density at radius 2 is 1.41 bits per heavy atom. The van der Waals surface area contributed by atoms with E-state index in [4.69, 9.17) is 9.47 Å². The Morgan fingerprint density at radius 1 is 0.852 bits per heavy atom. The zero-order valence-corrected chi connectivity index (χ0v) is 17.3. The maximum absolute atomic E-state index is 5.32. The number of aryl methyl sites for hydroxylation is 1. The fraction of sp³-hybridized carbons (Fsp3) is 0.478. The van der Waals surface area contributed by atoms with Crippen molar-refractivity contribution in [2.24, 2.45) is 5.92 Å². The fourth-order valence-electron chi connectivity index (χ4n) is 3.81. The summed E-state index contributed by atoms with van der Waals surface area (Å²) < 4.78 is 10.6. The zero-order valence-electron chi connectivity index (χ0n) is 16.5. The van der Waals surface area contributed by atoms with Crippen LogP contribution in [0.15, 0.2) is 48.5 Å². The van der Waals surface area contributed by atoms with E-state index in [1.165, 1.54) is 43.5 Å². The van der Waals surface area contributed by atoms with Crippen molar-refractivity contribution < 1.29 is 9.47 Å². The molecule has 0 atom stereocenters. The number of benzene rings is 2. The highest BCUT2D eigenvalue weighted by Gasteiger charge is 2.18. The largest absolute Gasteiger partial charge is 0.497 e. The first-order chi connectivity index (χ1) is 12.8. The summed E-state index contributed by atoms with van der Waals surface area (Å²) in [4.78, 5) is 2.61. The van der Waals surface area contributed by atoms with E-state index in [-0.39, 0.29) is 12.4 Å². The minimum Gasteiger partial charge on any atom is -0.497 e. The van der Waals surface area contributed by atoms with E-state index >= 15 is 0 Å². The molecule has 0 N–H and O–H groups in total. The van der Waals surface area contributed by atoms with Crippen LogP contribution in [0.5, 0.6) is 11.5 Å². The lowest BCUT2D eigenvalue weighted by molar-refractivity contribution is 0.181. The van der Waals surface area contributed by atoms with E-state index in [9.17, 15) is 0 Å². The summed E-state index contributed by atoms with van der Waals surface area (Å²) in [5.41, 5.74) is 2.76. The first-order valence-corrected chi connectivity index (χ1v) is 9.75. The maximum Gasteiger partial charge on any atom is 0.119 e. The van der Waals surface area contributed by atoms with Crippen LogP contribution in [-0.2, 0) is 12.8 Å². The number of halogens is 1. The molecule has 1 heterocycles. The molecular weight excluding hydrogens is 358 g/mol. The molecular formula is C23H32ClNO2. The van der Waals surface area contributed by atoms with Crippen molar-refractivity contribution in [1.82, 2.24) is 4.90 Å². The molecule has 3 rings (SSSR count). The predicted octanol–water partition coefficient (Wildman–Crippen LogP) is 5.01. The number of hydrogen-bond acceptors (Lipinski definition) is 3. The van der Waals surface area contributed by atoms with Crippen LogP contribution in [-0.4, -0.2) is 38.8 Å². The van der Waals surface area contributed by atoms with Crippen molar-refractivity contribution in [3.05, 3.63) is 59.7 Å². The van der Waals surface area contributed by atoms with Crippen LogP contribution in [0.3, 0.4) is 0 Å². The molecule has 0 aromatic heterocycles. The second kappa shape index (κ2) is 11.2. The van der Waals surface area contributed by atoms with Crippen LogP contribution in [0.25, 0.3) is 0 Å². The summed E-state index contributed by atoms with van der Waals surface area (Å²) in [7, 11) is 3.47. The summed E-state index contributed by atoms with van der Waals surface area (Å²) in [6.45, 7) is 3.61. The number of methoxy groups -OCH3 is 2.